The molecule has 0 aliphatic carbocycles. The average Bonchev–Trinajstić information content (AvgIpc) is 2.47. The van der Waals surface area contributed by atoms with E-state index in [1.807, 2.05) is 13.0 Å². The standard InChI is InChI=1S/C16H24N2O2/c1-2-6-16(19)17-11-15-13-18(9-10-20-15)12-14-7-4-3-5-8-14/h3-5,7-8,15H,2,6,9-13H2,1H3,(H,17,19). The van der Waals surface area contributed by atoms with Crippen molar-refractivity contribution in [2.75, 3.05) is 26.2 Å². The fourth-order valence-electron chi connectivity index (χ4n) is 2.43. The first-order chi connectivity index (χ1) is 9.78. The first-order valence-electron chi connectivity index (χ1n) is 7.42. The Bertz CT molecular complexity index is 408. The molecule has 110 valence electrons. The van der Waals surface area contributed by atoms with Crippen LogP contribution in [0, 0.1) is 0 Å². The maximum Gasteiger partial charge on any atom is 0.220 e. The zero-order chi connectivity index (χ0) is 14.2. The van der Waals surface area contributed by atoms with Crippen molar-refractivity contribution in [2.45, 2.75) is 32.4 Å². The molecule has 0 spiro atoms. The quantitative estimate of drug-likeness (QED) is 0.861. The van der Waals surface area contributed by atoms with Gasteiger partial charge in [-0.15, -0.1) is 0 Å². The molecule has 0 aromatic heterocycles. The molecular weight excluding hydrogens is 252 g/mol. The number of hydrogen-bond donors (Lipinski definition) is 1. The van der Waals surface area contributed by atoms with Crippen molar-refractivity contribution >= 4 is 5.91 Å². The van der Waals surface area contributed by atoms with Crippen molar-refractivity contribution in [1.82, 2.24) is 10.2 Å². The fourth-order valence-corrected chi connectivity index (χ4v) is 2.43. The van der Waals surface area contributed by atoms with E-state index in [1.54, 1.807) is 0 Å². The third-order valence-corrected chi connectivity index (χ3v) is 3.48. The Morgan fingerprint density at radius 1 is 1.40 bits per heavy atom. The van der Waals surface area contributed by atoms with Gasteiger partial charge in [-0.05, 0) is 12.0 Å². The predicted molar refractivity (Wildman–Crippen MR) is 79.4 cm³/mol. The van der Waals surface area contributed by atoms with Crippen LogP contribution in [0.2, 0.25) is 0 Å². The Morgan fingerprint density at radius 2 is 2.20 bits per heavy atom. The van der Waals surface area contributed by atoms with E-state index < -0.39 is 0 Å². The summed E-state index contributed by atoms with van der Waals surface area (Å²) < 4.78 is 5.72. The Balaban J connectivity index is 1.75. The van der Waals surface area contributed by atoms with Gasteiger partial charge in [0.15, 0.2) is 0 Å². The van der Waals surface area contributed by atoms with Gasteiger partial charge in [0.05, 0.1) is 12.7 Å². The highest BCUT2D eigenvalue weighted by atomic mass is 16.5. The number of rotatable bonds is 6. The van der Waals surface area contributed by atoms with E-state index in [1.165, 1.54) is 5.56 Å². The molecule has 1 aromatic carbocycles. The molecule has 1 amide bonds. The van der Waals surface area contributed by atoms with Crippen LogP contribution in [0.3, 0.4) is 0 Å². The zero-order valence-electron chi connectivity index (χ0n) is 12.2. The van der Waals surface area contributed by atoms with Crippen LogP contribution in [0.5, 0.6) is 0 Å². The second kappa shape index (κ2) is 8.02. The van der Waals surface area contributed by atoms with Gasteiger partial charge < -0.3 is 10.1 Å². The van der Waals surface area contributed by atoms with Crippen molar-refractivity contribution in [2.24, 2.45) is 0 Å². The van der Waals surface area contributed by atoms with Crippen molar-refractivity contribution in [3.05, 3.63) is 35.9 Å². The lowest BCUT2D eigenvalue weighted by atomic mass is 10.2. The molecule has 0 radical (unpaired) electrons. The Labute approximate surface area is 121 Å². The second-order valence-electron chi connectivity index (χ2n) is 5.27. The van der Waals surface area contributed by atoms with Gasteiger partial charge in [-0.2, -0.15) is 0 Å². The molecule has 1 aliphatic heterocycles. The van der Waals surface area contributed by atoms with Gasteiger partial charge in [-0.25, -0.2) is 0 Å². The van der Waals surface area contributed by atoms with Crippen LogP contribution >= 0.6 is 0 Å². The van der Waals surface area contributed by atoms with Gasteiger partial charge in [0, 0.05) is 32.6 Å². The van der Waals surface area contributed by atoms with E-state index >= 15 is 0 Å². The molecule has 1 aliphatic rings. The summed E-state index contributed by atoms with van der Waals surface area (Å²) in [6.07, 6.45) is 1.59. The van der Waals surface area contributed by atoms with Gasteiger partial charge in [-0.1, -0.05) is 37.3 Å². The van der Waals surface area contributed by atoms with Gasteiger partial charge in [0.25, 0.3) is 0 Å². The number of hydrogen-bond acceptors (Lipinski definition) is 3. The van der Waals surface area contributed by atoms with Crippen LogP contribution in [0.25, 0.3) is 0 Å². The molecule has 0 bridgehead atoms. The van der Waals surface area contributed by atoms with Crippen LogP contribution < -0.4 is 5.32 Å². The first-order valence-corrected chi connectivity index (χ1v) is 7.42. The van der Waals surface area contributed by atoms with E-state index in [4.69, 9.17) is 4.74 Å². The first kappa shape index (κ1) is 15.0. The fraction of sp³-hybridized carbons (Fsp3) is 0.562. The van der Waals surface area contributed by atoms with Gasteiger partial charge in [0.1, 0.15) is 0 Å². The number of ether oxygens (including phenoxy) is 1. The minimum Gasteiger partial charge on any atom is -0.374 e. The van der Waals surface area contributed by atoms with Crippen molar-refractivity contribution < 1.29 is 9.53 Å². The van der Waals surface area contributed by atoms with Gasteiger partial charge in [-0.3, -0.25) is 9.69 Å². The third-order valence-electron chi connectivity index (χ3n) is 3.48. The Morgan fingerprint density at radius 3 is 2.95 bits per heavy atom. The van der Waals surface area contributed by atoms with Crippen LogP contribution in [-0.4, -0.2) is 43.2 Å². The number of benzene rings is 1. The smallest absolute Gasteiger partial charge is 0.220 e. The highest BCUT2D eigenvalue weighted by molar-refractivity contribution is 5.75. The molecule has 2 rings (SSSR count). The van der Waals surface area contributed by atoms with Crippen LogP contribution in [0.15, 0.2) is 30.3 Å². The number of nitrogens with one attached hydrogen (secondary N) is 1. The van der Waals surface area contributed by atoms with E-state index in [0.29, 0.717) is 13.0 Å². The second-order valence-corrected chi connectivity index (χ2v) is 5.27. The van der Waals surface area contributed by atoms with Gasteiger partial charge in [0.2, 0.25) is 5.91 Å². The molecule has 1 unspecified atom stereocenters. The maximum atomic E-state index is 11.5. The summed E-state index contributed by atoms with van der Waals surface area (Å²) in [5.41, 5.74) is 1.32. The Kier molecular flexibility index (Phi) is 6.02. The van der Waals surface area contributed by atoms with Crippen LogP contribution in [0.1, 0.15) is 25.3 Å². The summed E-state index contributed by atoms with van der Waals surface area (Å²) in [6.45, 7) is 6.14. The topological polar surface area (TPSA) is 41.6 Å². The van der Waals surface area contributed by atoms with E-state index in [9.17, 15) is 4.79 Å². The number of nitrogens with zero attached hydrogens (tertiary/aromatic N) is 1. The molecule has 1 heterocycles. The zero-order valence-corrected chi connectivity index (χ0v) is 12.2. The normalized spacial score (nSPS) is 19.8. The highest BCUT2D eigenvalue weighted by Gasteiger charge is 2.20. The summed E-state index contributed by atoms with van der Waals surface area (Å²) >= 11 is 0. The van der Waals surface area contributed by atoms with Gasteiger partial charge >= 0.3 is 0 Å². The molecule has 1 N–H and O–H groups in total. The Hall–Kier alpha value is -1.39. The summed E-state index contributed by atoms with van der Waals surface area (Å²) in [4.78, 5) is 13.9. The SMILES string of the molecule is CCCC(=O)NCC1CN(Cc2ccccc2)CCO1. The minimum atomic E-state index is 0.105. The van der Waals surface area contributed by atoms with E-state index in [-0.39, 0.29) is 12.0 Å². The third kappa shape index (κ3) is 4.94. The summed E-state index contributed by atoms with van der Waals surface area (Å²) in [7, 11) is 0. The molecule has 4 nitrogen and oxygen atoms in total. The number of carbonyl (C=O) groups is 1. The highest BCUT2D eigenvalue weighted by Crippen LogP contribution is 2.10. The molecular formula is C16H24N2O2. The summed E-state index contributed by atoms with van der Waals surface area (Å²) in [5, 5.41) is 2.95. The maximum absolute atomic E-state index is 11.5. The van der Waals surface area contributed by atoms with Crippen molar-refractivity contribution in [3.63, 3.8) is 0 Å². The molecule has 1 saturated heterocycles. The van der Waals surface area contributed by atoms with Crippen molar-refractivity contribution in [1.29, 1.82) is 0 Å². The summed E-state index contributed by atoms with van der Waals surface area (Å²) in [6, 6.07) is 10.5. The van der Waals surface area contributed by atoms with E-state index in [2.05, 4.69) is 34.5 Å². The molecule has 0 saturated carbocycles. The monoisotopic (exact) mass is 276 g/mol. The lowest BCUT2D eigenvalue weighted by Gasteiger charge is -2.33. The lowest BCUT2D eigenvalue weighted by molar-refractivity contribution is -0.122. The molecule has 1 fully saturated rings. The molecule has 1 atom stereocenters. The lowest BCUT2D eigenvalue weighted by Crippen LogP contribution is -2.47. The predicted octanol–water partition coefficient (Wildman–Crippen LogP) is 1.80. The number of amides is 1. The molecule has 4 heteroatoms. The molecule has 20 heavy (non-hydrogen) atoms. The van der Waals surface area contributed by atoms with E-state index in [0.717, 1.165) is 32.7 Å². The minimum absolute atomic E-state index is 0.105. The van der Waals surface area contributed by atoms with Crippen molar-refractivity contribution in [3.8, 4) is 0 Å². The summed E-state index contributed by atoms with van der Waals surface area (Å²) in [5.74, 6) is 0.122. The largest absolute Gasteiger partial charge is 0.374 e. The van der Waals surface area contributed by atoms with Crippen LogP contribution in [-0.2, 0) is 16.1 Å². The number of morpholine rings is 1. The average molecular weight is 276 g/mol. The van der Waals surface area contributed by atoms with Crippen LogP contribution in [0.4, 0.5) is 0 Å². The molecule has 1 aromatic rings. The number of carbonyl (C=O) groups excluding carboxylic acids is 1.